The number of hydrogen-bond donors (Lipinski definition) is 1. The van der Waals surface area contributed by atoms with E-state index in [1.807, 2.05) is 50.4 Å². The number of benzene rings is 1. The van der Waals surface area contributed by atoms with Crippen LogP contribution in [0.25, 0.3) is 5.69 Å². The Kier molecular flexibility index (Phi) is 4.23. The first-order valence-electron chi connectivity index (χ1n) is 7.41. The molecule has 2 heterocycles. The molecule has 0 aliphatic heterocycles. The lowest BCUT2D eigenvalue weighted by Gasteiger charge is -2.03. The van der Waals surface area contributed by atoms with Gasteiger partial charge in [-0.1, -0.05) is 23.4 Å². The van der Waals surface area contributed by atoms with E-state index in [0.717, 1.165) is 22.5 Å². The van der Waals surface area contributed by atoms with Crippen molar-refractivity contribution in [1.29, 1.82) is 0 Å². The SMILES string of the molecule is Cc1noc(C)c1CC(=O)NCc1cnn(-c2ccccc2)c1. The summed E-state index contributed by atoms with van der Waals surface area (Å²) in [5.74, 6) is 0.626. The molecule has 0 spiro atoms. The number of rotatable bonds is 5. The lowest BCUT2D eigenvalue weighted by molar-refractivity contribution is -0.120. The fourth-order valence-corrected chi connectivity index (χ4v) is 2.35. The number of para-hydroxylation sites is 1. The largest absolute Gasteiger partial charge is 0.361 e. The van der Waals surface area contributed by atoms with Crippen LogP contribution in [-0.2, 0) is 17.8 Å². The van der Waals surface area contributed by atoms with Gasteiger partial charge < -0.3 is 9.84 Å². The predicted molar refractivity (Wildman–Crippen MR) is 85.1 cm³/mol. The molecule has 6 heteroatoms. The topological polar surface area (TPSA) is 73.0 Å². The average Bonchev–Trinajstić information content (AvgIpc) is 3.16. The van der Waals surface area contributed by atoms with Crippen molar-refractivity contribution in [3.8, 4) is 5.69 Å². The first-order valence-corrected chi connectivity index (χ1v) is 7.41. The number of hydrogen-bond acceptors (Lipinski definition) is 4. The highest BCUT2D eigenvalue weighted by Gasteiger charge is 2.13. The number of aryl methyl sites for hydroxylation is 2. The molecule has 6 nitrogen and oxygen atoms in total. The van der Waals surface area contributed by atoms with Gasteiger partial charge in [0, 0.05) is 23.9 Å². The van der Waals surface area contributed by atoms with E-state index in [-0.39, 0.29) is 12.3 Å². The van der Waals surface area contributed by atoms with E-state index >= 15 is 0 Å². The summed E-state index contributed by atoms with van der Waals surface area (Å²) in [6, 6.07) is 9.84. The molecular formula is C17H18N4O2. The highest BCUT2D eigenvalue weighted by atomic mass is 16.5. The summed E-state index contributed by atoms with van der Waals surface area (Å²) >= 11 is 0. The molecule has 3 rings (SSSR count). The van der Waals surface area contributed by atoms with Gasteiger partial charge in [-0.05, 0) is 26.0 Å². The van der Waals surface area contributed by atoms with Crippen molar-refractivity contribution in [2.24, 2.45) is 0 Å². The lowest BCUT2D eigenvalue weighted by Crippen LogP contribution is -2.24. The molecule has 2 aromatic heterocycles. The molecule has 0 aliphatic carbocycles. The zero-order chi connectivity index (χ0) is 16.2. The van der Waals surface area contributed by atoms with E-state index in [1.165, 1.54) is 0 Å². The minimum absolute atomic E-state index is 0.0631. The van der Waals surface area contributed by atoms with E-state index in [2.05, 4.69) is 15.6 Å². The Bertz CT molecular complexity index is 786. The Labute approximate surface area is 134 Å². The summed E-state index contributed by atoms with van der Waals surface area (Å²) in [4.78, 5) is 12.1. The number of nitrogens with one attached hydrogen (secondary N) is 1. The molecule has 0 bridgehead atoms. The van der Waals surface area contributed by atoms with E-state index in [1.54, 1.807) is 10.9 Å². The second-order valence-corrected chi connectivity index (χ2v) is 5.38. The second kappa shape index (κ2) is 6.48. The van der Waals surface area contributed by atoms with Crippen molar-refractivity contribution in [1.82, 2.24) is 20.3 Å². The van der Waals surface area contributed by atoms with Crippen LogP contribution in [0, 0.1) is 13.8 Å². The second-order valence-electron chi connectivity index (χ2n) is 5.38. The van der Waals surface area contributed by atoms with Crippen LogP contribution in [0.5, 0.6) is 0 Å². The summed E-state index contributed by atoms with van der Waals surface area (Å²) in [6.07, 6.45) is 3.93. The number of carbonyl (C=O) groups is 1. The normalized spacial score (nSPS) is 10.7. The van der Waals surface area contributed by atoms with Gasteiger partial charge in [-0.3, -0.25) is 4.79 Å². The summed E-state index contributed by atoms with van der Waals surface area (Å²) in [5, 5.41) is 11.1. The maximum Gasteiger partial charge on any atom is 0.224 e. The van der Waals surface area contributed by atoms with Gasteiger partial charge in [0.15, 0.2) is 0 Å². The Hall–Kier alpha value is -2.89. The summed E-state index contributed by atoms with van der Waals surface area (Å²) in [5.41, 5.74) is 3.54. The summed E-state index contributed by atoms with van der Waals surface area (Å²) in [7, 11) is 0. The first kappa shape index (κ1) is 15.0. The maximum absolute atomic E-state index is 12.1. The Morgan fingerprint density at radius 3 is 2.74 bits per heavy atom. The molecule has 0 fully saturated rings. The van der Waals surface area contributed by atoms with Gasteiger partial charge in [-0.15, -0.1) is 0 Å². The molecular weight excluding hydrogens is 292 g/mol. The van der Waals surface area contributed by atoms with Crippen molar-refractivity contribution in [2.45, 2.75) is 26.8 Å². The summed E-state index contributed by atoms with van der Waals surface area (Å²) in [6.45, 7) is 4.09. The van der Waals surface area contributed by atoms with E-state index < -0.39 is 0 Å². The number of nitrogens with zero attached hydrogens (tertiary/aromatic N) is 3. The molecule has 1 amide bonds. The van der Waals surface area contributed by atoms with Gasteiger partial charge in [-0.25, -0.2) is 4.68 Å². The number of aromatic nitrogens is 3. The van der Waals surface area contributed by atoms with Crippen LogP contribution in [0.15, 0.2) is 47.2 Å². The molecule has 3 aromatic rings. The van der Waals surface area contributed by atoms with Gasteiger partial charge in [0.2, 0.25) is 5.91 Å². The molecule has 0 saturated carbocycles. The average molecular weight is 310 g/mol. The van der Waals surface area contributed by atoms with Crippen LogP contribution in [0.3, 0.4) is 0 Å². The maximum atomic E-state index is 12.1. The smallest absolute Gasteiger partial charge is 0.224 e. The highest BCUT2D eigenvalue weighted by Crippen LogP contribution is 2.13. The van der Waals surface area contributed by atoms with Gasteiger partial charge in [0.05, 0.1) is 24.0 Å². The van der Waals surface area contributed by atoms with Crippen LogP contribution in [-0.4, -0.2) is 20.8 Å². The van der Waals surface area contributed by atoms with E-state index in [9.17, 15) is 4.79 Å². The third kappa shape index (κ3) is 3.48. The van der Waals surface area contributed by atoms with Crippen LogP contribution in [0.1, 0.15) is 22.6 Å². The molecule has 0 atom stereocenters. The zero-order valence-electron chi connectivity index (χ0n) is 13.1. The van der Waals surface area contributed by atoms with Gasteiger partial charge in [0.25, 0.3) is 0 Å². The molecule has 0 radical (unpaired) electrons. The van der Waals surface area contributed by atoms with Gasteiger partial charge >= 0.3 is 0 Å². The Morgan fingerprint density at radius 1 is 1.26 bits per heavy atom. The Balaban J connectivity index is 1.59. The monoisotopic (exact) mass is 310 g/mol. The van der Waals surface area contributed by atoms with Crippen LogP contribution < -0.4 is 5.32 Å². The predicted octanol–water partition coefficient (Wildman–Crippen LogP) is 2.34. The van der Waals surface area contributed by atoms with Crippen LogP contribution in [0.4, 0.5) is 0 Å². The van der Waals surface area contributed by atoms with E-state index in [0.29, 0.717) is 12.3 Å². The van der Waals surface area contributed by atoms with Crippen molar-refractivity contribution in [3.05, 3.63) is 65.3 Å². The van der Waals surface area contributed by atoms with Gasteiger partial charge in [0.1, 0.15) is 5.76 Å². The molecule has 1 N–H and O–H groups in total. The fourth-order valence-electron chi connectivity index (χ4n) is 2.35. The van der Waals surface area contributed by atoms with Crippen molar-refractivity contribution in [2.75, 3.05) is 0 Å². The minimum Gasteiger partial charge on any atom is -0.361 e. The lowest BCUT2D eigenvalue weighted by atomic mass is 10.1. The molecule has 1 aromatic carbocycles. The van der Waals surface area contributed by atoms with Crippen LogP contribution >= 0.6 is 0 Å². The van der Waals surface area contributed by atoms with Crippen molar-refractivity contribution >= 4 is 5.91 Å². The molecule has 118 valence electrons. The van der Waals surface area contributed by atoms with Gasteiger partial charge in [-0.2, -0.15) is 5.10 Å². The summed E-state index contributed by atoms with van der Waals surface area (Å²) < 4.78 is 6.86. The van der Waals surface area contributed by atoms with Crippen molar-refractivity contribution in [3.63, 3.8) is 0 Å². The number of carbonyl (C=O) groups excluding carboxylic acids is 1. The highest BCUT2D eigenvalue weighted by molar-refractivity contribution is 5.78. The third-order valence-electron chi connectivity index (χ3n) is 3.67. The van der Waals surface area contributed by atoms with E-state index in [4.69, 9.17) is 4.52 Å². The fraction of sp³-hybridized carbons (Fsp3) is 0.235. The standard InChI is InChI=1S/C17H18N4O2/c1-12-16(13(2)23-20-12)8-17(22)18-9-14-10-19-21(11-14)15-6-4-3-5-7-15/h3-7,10-11H,8-9H2,1-2H3,(H,18,22). The first-order chi connectivity index (χ1) is 11.1. The van der Waals surface area contributed by atoms with Crippen LogP contribution in [0.2, 0.25) is 0 Å². The molecule has 0 unspecified atom stereocenters. The Morgan fingerprint density at radius 2 is 2.04 bits per heavy atom. The number of amides is 1. The third-order valence-corrected chi connectivity index (χ3v) is 3.67. The zero-order valence-corrected chi connectivity index (χ0v) is 13.1. The molecule has 0 aliphatic rings. The quantitative estimate of drug-likeness (QED) is 0.785. The molecule has 23 heavy (non-hydrogen) atoms. The molecule has 0 saturated heterocycles. The minimum atomic E-state index is -0.0631. The van der Waals surface area contributed by atoms with Crippen molar-refractivity contribution < 1.29 is 9.32 Å².